The van der Waals surface area contributed by atoms with Crippen molar-refractivity contribution in [1.82, 2.24) is 0 Å². The molecule has 5 atom stereocenters. The molecule has 0 heterocycles. The van der Waals surface area contributed by atoms with E-state index in [9.17, 15) is 0 Å². The van der Waals surface area contributed by atoms with Gasteiger partial charge in [0.05, 0.1) is 0 Å². The molecule has 0 aliphatic heterocycles. The van der Waals surface area contributed by atoms with Crippen LogP contribution in [0.2, 0.25) is 0 Å². The van der Waals surface area contributed by atoms with Crippen molar-refractivity contribution in [2.75, 3.05) is 0 Å². The van der Waals surface area contributed by atoms with Crippen molar-refractivity contribution in [3.8, 4) is 0 Å². The quantitative estimate of drug-likeness (QED) is 0.492. The summed E-state index contributed by atoms with van der Waals surface area (Å²) < 4.78 is 0. The van der Waals surface area contributed by atoms with Crippen molar-refractivity contribution in [3.05, 3.63) is 23.6 Å². The summed E-state index contributed by atoms with van der Waals surface area (Å²) in [6.45, 7) is 6.06. The maximum atomic E-state index is 3.64. The lowest BCUT2D eigenvalue weighted by atomic mass is 9.65. The highest BCUT2D eigenvalue weighted by Crippen LogP contribution is 2.65. The molecule has 0 heteroatoms. The summed E-state index contributed by atoms with van der Waals surface area (Å²) in [5.41, 5.74) is 7.63. The van der Waals surface area contributed by atoms with Gasteiger partial charge in [0.1, 0.15) is 0 Å². The van der Waals surface area contributed by atoms with Gasteiger partial charge in [0.15, 0.2) is 0 Å². The first-order valence-corrected chi connectivity index (χ1v) is 5.45. The van der Waals surface area contributed by atoms with E-state index < -0.39 is 0 Å². The Hall–Kier alpha value is -0.700. The standard InChI is InChI=1S/C13H16/c1-3-4-9-6-10-7-11-8(2)5-12(9)13(10)11/h8,10-13H,1,5-7H2,2H3. The Morgan fingerprint density at radius 2 is 2.23 bits per heavy atom. The van der Waals surface area contributed by atoms with Crippen LogP contribution in [-0.4, -0.2) is 0 Å². The monoisotopic (exact) mass is 172 g/mol. The van der Waals surface area contributed by atoms with Crippen LogP contribution in [0.15, 0.2) is 23.6 Å². The van der Waals surface area contributed by atoms with Gasteiger partial charge >= 0.3 is 0 Å². The molecule has 3 rings (SSSR count). The second kappa shape index (κ2) is 2.41. The maximum Gasteiger partial charge on any atom is -0.00841 e. The van der Waals surface area contributed by atoms with E-state index in [1.54, 1.807) is 0 Å². The van der Waals surface area contributed by atoms with E-state index in [2.05, 4.69) is 25.0 Å². The molecule has 68 valence electrons. The second-order valence-corrected chi connectivity index (χ2v) is 5.09. The van der Waals surface area contributed by atoms with E-state index in [4.69, 9.17) is 0 Å². The van der Waals surface area contributed by atoms with Crippen LogP contribution in [0, 0.1) is 29.6 Å². The third kappa shape index (κ3) is 0.831. The number of allylic oxidation sites excluding steroid dienone is 1. The minimum absolute atomic E-state index is 0.869. The molecule has 0 bridgehead atoms. The summed E-state index contributed by atoms with van der Waals surface area (Å²) in [5, 5.41) is 0. The van der Waals surface area contributed by atoms with E-state index in [1.165, 1.54) is 24.8 Å². The highest BCUT2D eigenvalue weighted by atomic mass is 14.6. The zero-order chi connectivity index (χ0) is 9.00. The van der Waals surface area contributed by atoms with Crippen molar-refractivity contribution < 1.29 is 0 Å². The highest BCUT2D eigenvalue weighted by molar-refractivity contribution is 5.23. The molecule has 3 aliphatic carbocycles. The number of hydrogen-bond donors (Lipinski definition) is 0. The SMILES string of the molecule is C=C=C=C1CC2CC3C(C)CC1C23. The highest BCUT2D eigenvalue weighted by Gasteiger charge is 2.57. The molecule has 0 aromatic heterocycles. The van der Waals surface area contributed by atoms with Crippen molar-refractivity contribution in [2.45, 2.75) is 26.2 Å². The van der Waals surface area contributed by atoms with Crippen molar-refractivity contribution >= 4 is 0 Å². The van der Waals surface area contributed by atoms with Crippen LogP contribution < -0.4 is 0 Å². The van der Waals surface area contributed by atoms with Crippen LogP contribution in [0.3, 0.4) is 0 Å². The molecule has 5 unspecified atom stereocenters. The fraction of sp³-hybridized carbons (Fsp3) is 0.692. The lowest BCUT2D eigenvalue weighted by Gasteiger charge is -2.39. The van der Waals surface area contributed by atoms with Gasteiger partial charge in [-0.3, -0.25) is 0 Å². The van der Waals surface area contributed by atoms with Crippen LogP contribution in [0.5, 0.6) is 0 Å². The fourth-order valence-electron chi connectivity index (χ4n) is 4.07. The minimum Gasteiger partial charge on any atom is -0.0782 e. The third-order valence-electron chi connectivity index (χ3n) is 4.61. The molecule has 0 saturated heterocycles. The lowest BCUT2D eigenvalue weighted by molar-refractivity contribution is 0.0912. The van der Waals surface area contributed by atoms with Gasteiger partial charge in [-0.2, -0.15) is 0 Å². The average molecular weight is 172 g/mol. The largest absolute Gasteiger partial charge is 0.0782 e. The van der Waals surface area contributed by atoms with Crippen molar-refractivity contribution in [1.29, 1.82) is 0 Å². The lowest BCUT2D eigenvalue weighted by Crippen LogP contribution is -2.33. The summed E-state index contributed by atoms with van der Waals surface area (Å²) in [7, 11) is 0. The number of rotatable bonds is 0. The zero-order valence-electron chi connectivity index (χ0n) is 8.22. The molecule has 3 saturated carbocycles. The van der Waals surface area contributed by atoms with Gasteiger partial charge in [-0.05, 0) is 61.0 Å². The van der Waals surface area contributed by atoms with Gasteiger partial charge in [-0.1, -0.05) is 18.4 Å². The van der Waals surface area contributed by atoms with Crippen LogP contribution in [0.1, 0.15) is 26.2 Å². The first kappa shape index (κ1) is 7.68. The molecular formula is C13H16. The van der Waals surface area contributed by atoms with Crippen LogP contribution in [-0.2, 0) is 0 Å². The summed E-state index contributed by atoms with van der Waals surface area (Å²) in [6.07, 6.45) is 4.21. The third-order valence-corrected chi connectivity index (χ3v) is 4.61. The van der Waals surface area contributed by atoms with Gasteiger partial charge in [0.25, 0.3) is 0 Å². The smallest absolute Gasteiger partial charge is 0.00841 e. The Morgan fingerprint density at radius 3 is 3.00 bits per heavy atom. The average Bonchev–Trinajstić information content (AvgIpc) is 2.42. The first-order valence-electron chi connectivity index (χ1n) is 5.45. The molecule has 0 amide bonds. The van der Waals surface area contributed by atoms with E-state index in [0.29, 0.717) is 0 Å². The maximum absolute atomic E-state index is 3.64. The Morgan fingerprint density at radius 1 is 1.38 bits per heavy atom. The van der Waals surface area contributed by atoms with Gasteiger partial charge < -0.3 is 0 Å². The molecule has 0 aromatic rings. The topological polar surface area (TPSA) is 0 Å². The van der Waals surface area contributed by atoms with Crippen molar-refractivity contribution in [2.24, 2.45) is 29.6 Å². The van der Waals surface area contributed by atoms with Crippen LogP contribution in [0.25, 0.3) is 0 Å². The van der Waals surface area contributed by atoms with E-state index in [1.807, 2.05) is 0 Å². The van der Waals surface area contributed by atoms with Gasteiger partial charge in [-0.15, -0.1) is 0 Å². The number of hydrogen-bond acceptors (Lipinski definition) is 0. The van der Waals surface area contributed by atoms with E-state index in [-0.39, 0.29) is 0 Å². The van der Waals surface area contributed by atoms with E-state index >= 15 is 0 Å². The molecular weight excluding hydrogens is 156 g/mol. The molecule has 0 nitrogen and oxygen atoms in total. The summed E-state index contributed by atoms with van der Waals surface area (Å²) >= 11 is 0. The zero-order valence-corrected chi connectivity index (χ0v) is 8.22. The van der Waals surface area contributed by atoms with Crippen LogP contribution >= 0.6 is 0 Å². The fourth-order valence-corrected chi connectivity index (χ4v) is 4.07. The van der Waals surface area contributed by atoms with Gasteiger partial charge in [0.2, 0.25) is 0 Å². The molecule has 3 fully saturated rings. The Kier molecular flexibility index (Phi) is 1.42. The Labute approximate surface area is 80.0 Å². The predicted octanol–water partition coefficient (Wildman–Crippen LogP) is 3.16. The molecule has 0 spiro atoms. The predicted molar refractivity (Wildman–Crippen MR) is 53.1 cm³/mol. The summed E-state index contributed by atoms with van der Waals surface area (Å²) in [6, 6.07) is 0. The van der Waals surface area contributed by atoms with Crippen molar-refractivity contribution in [3.63, 3.8) is 0 Å². The van der Waals surface area contributed by atoms with Gasteiger partial charge in [0, 0.05) is 0 Å². The summed E-state index contributed by atoms with van der Waals surface area (Å²) in [4.78, 5) is 0. The second-order valence-electron chi connectivity index (χ2n) is 5.09. The normalized spacial score (nSPS) is 50.8. The molecule has 13 heavy (non-hydrogen) atoms. The Balaban J connectivity index is 2.00. The minimum atomic E-state index is 0.869. The molecule has 0 radical (unpaired) electrons. The first-order chi connectivity index (χ1) is 6.31. The van der Waals surface area contributed by atoms with Crippen LogP contribution in [0.4, 0.5) is 0 Å². The Bertz CT molecular complexity index is 326. The summed E-state index contributed by atoms with van der Waals surface area (Å²) in [5.74, 6) is 4.93. The molecule has 3 aliphatic rings. The van der Waals surface area contributed by atoms with Gasteiger partial charge in [-0.25, -0.2) is 0 Å². The molecule has 0 aromatic carbocycles. The molecule has 0 N–H and O–H groups in total. The van der Waals surface area contributed by atoms with E-state index in [0.717, 1.165) is 29.6 Å².